The van der Waals surface area contributed by atoms with Gasteiger partial charge in [-0.05, 0) is 25.1 Å². The highest BCUT2D eigenvalue weighted by atomic mass is 16.5. The van der Waals surface area contributed by atoms with Crippen molar-refractivity contribution in [1.82, 2.24) is 4.90 Å². The number of likely N-dealkylation sites (N-methyl/N-ethyl adjacent to an activating group) is 1. The van der Waals surface area contributed by atoms with Gasteiger partial charge in [-0.3, -0.25) is 9.69 Å². The van der Waals surface area contributed by atoms with Crippen LogP contribution in [-0.2, 0) is 9.53 Å². The Morgan fingerprint density at radius 1 is 1.38 bits per heavy atom. The molecular formula is C16H21NO4. The van der Waals surface area contributed by atoms with E-state index in [9.17, 15) is 9.90 Å². The van der Waals surface area contributed by atoms with Gasteiger partial charge in [0.1, 0.15) is 5.75 Å². The molecule has 0 spiro atoms. The molecule has 1 aromatic rings. The predicted octanol–water partition coefficient (Wildman–Crippen LogP) is 1.58. The predicted molar refractivity (Wildman–Crippen MR) is 77.7 cm³/mol. The molecule has 1 aromatic carbocycles. The first-order chi connectivity index (χ1) is 10.2. The molecule has 114 valence electrons. The number of carboxylic acids is 1. The molecule has 0 saturated carbocycles. The van der Waals surface area contributed by atoms with E-state index in [4.69, 9.17) is 9.47 Å². The van der Waals surface area contributed by atoms with Gasteiger partial charge in [0.25, 0.3) is 0 Å². The van der Waals surface area contributed by atoms with E-state index in [0.29, 0.717) is 19.1 Å². The van der Waals surface area contributed by atoms with Crippen LogP contribution in [0, 0.1) is 5.92 Å². The second-order valence-corrected chi connectivity index (χ2v) is 5.86. The minimum atomic E-state index is -0.767. The lowest BCUT2D eigenvalue weighted by molar-refractivity contribution is -0.143. The van der Waals surface area contributed by atoms with Gasteiger partial charge in [-0.1, -0.05) is 18.2 Å². The molecule has 0 bridgehead atoms. The number of nitrogens with zero attached hydrogens (tertiary/aromatic N) is 1. The summed E-state index contributed by atoms with van der Waals surface area (Å²) in [5, 5.41) is 9.27. The summed E-state index contributed by atoms with van der Waals surface area (Å²) < 4.78 is 11.0. The van der Waals surface area contributed by atoms with Crippen molar-refractivity contribution < 1.29 is 19.4 Å². The van der Waals surface area contributed by atoms with Crippen LogP contribution in [0.1, 0.15) is 17.9 Å². The molecule has 3 unspecified atom stereocenters. The fraction of sp³-hybridized carbons (Fsp3) is 0.562. The fourth-order valence-corrected chi connectivity index (χ4v) is 3.30. The molecule has 0 aliphatic carbocycles. The van der Waals surface area contributed by atoms with Crippen LogP contribution in [0.25, 0.3) is 0 Å². The Morgan fingerprint density at radius 2 is 2.19 bits per heavy atom. The van der Waals surface area contributed by atoms with Crippen LogP contribution in [0.4, 0.5) is 0 Å². The molecule has 2 aliphatic heterocycles. The molecule has 5 nitrogen and oxygen atoms in total. The summed E-state index contributed by atoms with van der Waals surface area (Å²) in [6, 6.07) is 8.07. The van der Waals surface area contributed by atoms with E-state index in [1.807, 2.05) is 25.2 Å². The molecule has 21 heavy (non-hydrogen) atoms. The number of carbonyl (C=O) groups is 1. The van der Waals surface area contributed by atoms with Gasteiger partial charge in [-0.15, -0.1) is 0 Å². The van der Waals surface area contributed by atoms with Gasteiger partial charge in [0.05, 0.1) is 25.7 Å². The quantitative estimate of drug-likeness (QED) is 0.913. The zero-order valence-electron chi connectivity index (χ0n) is 12.2. The van der Waals surface area contributed by atoms with Crippen LogP contribution in [0.5, 0.6) is 5.75 Å². The number of aliphatic carboxylic acids is 1. The van der Waals surface area contributed by atoms with E-state index in [1.54, 1.807) is 0 Å². The molecule has 3 rings (SSSR count). The summed E-state index contributed by atoms with van der Waals surface area (Å²) in [5.41, 5.74) is 1.22. The fourth-order valence-electron chi connectivity index (χ4n) is 3.30. The summed E-state index contributed by atoms with van der Waals surface area (Å²) in [5.74, 6) is 0.149. The van der Waals surface area contributed by atoms with E-state index in [1.165, 1.54) is 5.56 Å². The highest BCUT2D eigenvalue weighted by Gasteiger charge is 2.37. The normalized spacial score (nSPS) is 28.2. The van der Waals surface area contributed by atoms with E-state index < -0.39 is 11.9 Å². The van der Waals surface area contributed by atoms with Crippen molar-refractivity contribution in [2.45, 2.75) is 18.4 Å². The molecule has 3 atom stereocenters. The summed E-state index contributed by atoms with van der Waals surface area (Å²) in [4.78, 5) is 13.4. The van der Waals surface area contributed by atoms with Gasteiger partial charge in [-0.25, -0.2) is 0 Å². The Balaban J connectivity index is 1.71. The van der Waals surface area contributed by atoms with Crippen LogP contribution in [0.3, 0.4) is 0 Å². The van der Waals surface area contributed by atoms with Crippen LogP contribution in [0.2, 0.25) is 0 Å². The van der Waals surface area contributed by atoms with Crippen LogP contribution >= 0.6 is 0 Å². The van der Waals surface area contributed by atoms with Crippen molar-refractivity contribution >= 4 is 5.97 Å². The SMILES string of the molecule is CN(CC1CCOc2ccccc21)C1COCC1C(=O)O. The number of ether oxygens (including phenoxy) is 2. The first-order valence-corrected chi connectivity index (χ1v) is 7.39. The van der Waals surface area contributed by atoms with Gasteiger partial charge in [0.2, 0.25) is 0 Å². The second kappa shape index (κ2) is 6.03. The van der Waals surface area contributed by atoms with Crippen LogP contribution in [0.15, 0.2) is 24.3 Å². The van der Waals surface area contributed by atoms with E-state index in [2.05, 4.69) is 11.0 Å². The Kier molecular flexibility index (Phi) is 4.12. The van der Waals surface area contributed by atoms with E-state index >= 15 is 0 Å². The van der Waals surface area contributed by atoms with Crippen molar-refractivity contribution in [3.05, 3.63) is 29.8 Å². The highest BCUT2D eigenvalue weighted by molar-refractivity contribution is 5.71. The lowest BCUT2D eigenvalue weighted by atomic mass is 9.91. The average molecular weight is 291 g/mol. The van der Waals surface area contributed by atoms with Crippen molar-refractivity contribution in [2.75, 3.05) is 33.4 Å². The second-order valence-electron chi connectivity index (χ2n) is 5.86. The Hall–Kier alpha value is -1.59. The van der Waals surface area contributed by atoms with E-state index in [0.717, 1.165) is 25.3 Å². The third-order valence-electron chi connectivity index (χ3n) is 4.52. The molecule has 1 saturated heterocycles. The van der Waals surface area contributed by atoms with Crippen molar-refractivity contribution in [3.8, 4) is 5.75 Å². The zero-order chi connectivity index (χ0) is 14.8. The van der Waals surface area contributed by atoms with Gasteiger partial charge >= 0.3 is 5.97 Å². The van der Waals surface area contributed by atoms with Crippen molar-refractivity contribution in [3.63, 3.8) is 0 Å². The Labute approximate surface area is 124 Å². The summed E-state index contributed by atoms with van der Waals surface area (Å²) in [7, 11) is 1.99. The molecule has 0 amide bonds. The number of para-hydroxylation sites is 1. The maximum absolute atomic E-state index is 11.3. The third-order valence-corrected chi connectivity index (χ3v) is 4.52. The maximum atomic E-state index is 11.3. The molecular weight excluding hydrogens is 270 g/mol. The molecule has 0 radical (unpaired) electrons. The number of fused-ring (bicyclic) bond motifs is 1. The van der Waals surface area contributed by atoms with Crippen LogP contribution < -0.4 is 4.74 Å². The molecule has 1 N–H and O–H groups in total. The summed E-state index contributed by atoms with van der Waals surface area (Å²) >= 11 is 0. The lowest BCUT2D eigenvalue weighted by Gasteiger charge is -2.33. The maximum Gasteiger partial charge on any atom is 0.310 e. The molecule has 1 fully saturated rings. The Bertz CT molecular complexity index is 519. The number of benzene rings is 1. The lowest BCUT2D eigenvalue weighted by Crippen LogP contribution is -2.43. The van der Waals surface area contributed by atoms with Gasteiger partial charge in [-0.2, -0.15) is 0 Å². The monoisotopic (exact) mass is 291 g/mol. The number of rotatable bonds is 4. The average Bonchev–Trinajstić information content (AvgIpc) is 2.97. The largest absolute Gasteiger partial charge is 0.493 e. The topological polar surface area (TPSA) is 59.0 Å². The van der Waals surface area contributed by atoms with Crippen molar-refractivity contribution in [2.24, 2.45) is 5.92 Å². The summed E-state index contributed by atoms with van der Waals surface area (Å²) in [6.45, 7) is 2.37. The van der Waals surface area contributed by atoms with Gasteiger partial charge in [0.15, 0.2) is 0 Å². The number of hydrogen-bond acceptors (Lipinski definition) is 4. The third kappa shape index (κ3) is 2.89. The smallest absolute Gasteiger partial charge is 0.310 e. The first kappa shape index (κ1) is 14.4. The minimum Gasteiger partial charge on any atom is -0.493 e. The number of hydrogen-bond donors (Lipinski definition) is 1. The van der Waals surface area contributed by atoms with Crippen molar-refractivity contribution in [1.29, 1.82) is 0 Å². The summed E-state index contributed by atoms with van der Waals surface area (Å²) in [6.07, 6.45) is 0.965. The highest BCUT2D eigenvalue weighted by Crippen LogP contribution is 2.34. The molecule has 2 aliphatic rings. The Morgan fingerprint density at radius 3 is 3.00 bits per heavy atom. The number of carboxylic acid groups (broad SMARTS) is 1. The van der Waals surface area contributed by atoms with Gasteiger partial charge < -0.3 is 14.6 Å². The van der Waals surface area contributed by atoms with Gasteiger partial charge in [0, 0.05) is 18.5 Å². The van der Waals surface area contributed by atoms with E-state index in [-0.39, 0.29) is 6.04 Å². The molecule has 2 heterocycles. The minimum absolute atomic E-state index is 0.0440. The molecule has 5 heteroatoms. The first-order valence-electron chi connectivity index (χ1n) is 7.39. The zero-order valence-corrected chi connectivity index (χ0v) is 12.2. The molecule has 0 aromatic heterocycles. The van der Waals surface area contributed by atoms with Crippen LogP contribution in [-0.4, -0.2) is 55.4 Å². The standard InChI is InChI=1S/C16H21NO4/c1-17(14-10-20-9-13(14)16(18)19)8-11-6-7-21-15-5-3-2-4-12(11)15/h2-5,11,13-14H,6-10H2,1H3,(H,18,19).